The van der Waals surface area contributed by atoms with Crippen LogP contribution in [0.1, 0.15) is 39.0 Å². The summed E-state index contributed by atoms with van der Waals surface area (Å²) in [4.78, 5) is 11.0. The van der Waals surface area contributed by atoms with Gasteiger partial charge in [-0.05, 0) is 19.3 Å². The van der Waals surface area contributed by atoms with Crippen LogP contribution in [-0.2, 0) is 9.53 Å². The minimum absolute atomic E-state index is 0.0498. The predicted octanol–water partition coefficient (Wildman–Crippen LogP) is 2.93. The van der Waals surface area contributed by atoms with Crippen LogP contribution in [0.2, 0.25) is 0 Å². The van der Waals surface area contributed by atoms with Crippen molar-refractivity contribution in [3.8, 4) is 0 Å². The molecule has 0 saturated heterocycles. The van der Waals surface area contributed by atoms with Crippen molar-refractivity contribution in [1.29, 1.82) is 0 Å². The summed E-state index contributed by atoms with van der Waals surface area (Å²) in [6, 6.07) is 0. The lowest BCUT2D eigenvalue weighted by Crippen LogP contribution is -2.12. The van der Waals surface area contributed by atoms with Gasteiger partial charge in [-0.2, -0.15) is 0 Å². The zero-order valence-electron chi connectivity index (χ0n) is 8.71. The first-order valence-electron chi connectivity index (χ1n) is 4.91. The van der Waals surface area contributed by atoms with E-state index in [-0.39, 0.29) is 11.9 Å². The maximum Gasteiger partial charge on any atom is 0.308 e. The Morgan fingerprint density at radius 3 is 2.69 bits per heavy atom. The summed E-state index contributed by atoms with van der Waals surface area (Å²) in [5.41, 5.74) is 0. The second kappa shape index (κ2) is 7.84. The van der Waals surface area contributed by atoms with Crippen LogP contribution in [0.25, 0.3) is 0 Å². The quantitative estimate of drug-likeness (QED) is 0.345. The number of hydrogen-bond acceptors (Lipinski definition) is 2. The van der Waals surface area contributed by atoms with Gasteiger partial charge in [0.25, 0.3) is 0 Å². The Kier molecular flexibility index (Phi) is 7.36. The summed E-state index contributed by atoms with van der Waals surface area (Å²) >= 11 is 0. The van der Waals surface area contributed by atoms with Crippen LogP contribution in [0.3, 0.4) is 0 Å². The van der Waals surface area contributed by atoms with E-state index in [9.17, 15) is 4.79 Å². The number of hydrogen-bond donors (Lipinski definition) is 0. The van der Waals surface area contributed by atoms with Crippen molar-refractivity contribution >= 4 is 5.97 Å². The molecule has 0 aliphatic rings. The molecular formula is C11H20O2. The molecule has 13 heavy (non-hydrogen) atoms. The molecule has 0 heterocycles. The number of ether oxygens (including phenoxy) is 1. The Morgan fingerprint density at radius 2 is 2.15 bits per heavy atom. The Bertz CT molecular complexity index is 152. The minimum atomic E-state index is -0.0938. The van der Waals surface area contributed by atoms with Crippen molar-refractivity contribution in [2.45, 2.75) is 39.0 Å². The fraction of sp³-hybridized carbons (Fsp3) is 0.727. The first-order chi connectivity index (χ1) is 6.22. The molecule has 0 aromatic carbocycles. The molecule has 0 aliphatic heterocycles. The average Bonchev–Trinajstić information content (AvgIpc) is 2.16. The second-order valence-electron chi connectivity index (χ2n) is 3.35. The molecule has 0 amide bonds. The molecule has 0 radical (unpaired) electrons. The molecule has 0 aliphatic carbocycles. The van der Waals surface area contributed by atoms with Gasteiger partial charge in [0.15, 0.2) is 0 Å². The highest BCUT2D eigenvalue weighted by Gasteiger charge is 2.11. The van der Waals surface area contributed by atoms with Gasteiger partial charge in [0.05, 0.1) is 13.0 Å². The highest BCUT2D eigenvalue weighted by Crippen LogP contribution is 2.11. The fourth-order valence-electron chi connectivity index (χ4n) is 1.24. The average molecular weight is 184 g/mol. The fourth-order valence-corrected chi connectivity index (χ4v) is 1.24. The first kappa shape index (κ1) is 12.2. The van der Waals surface area contributed by atoms with E-state index in [4.69, 9.17) is 0 Å². The SMILES string of the molecule is C=CCCCCCC(C)C(=O)OC. The van der Waals surface area contributed by atoms with Gasteiger partial charge in [0.2, 0.25) is 0 Å². The highest BCUT2D eigenvalue weighted by atomic mass is 16.5. The lowest BCUT2D eigenvalue weighted by Gasteiger charge is -2.07. The van der Waals surface area contributed by atoms with E-state index >= 15 is 0 Å². The highest BCUT2D eigenvalue weighted by molar-refractivity contribution is 5.71. The Hall–Kier alpha value is -0.790. The van der Waals surface area contributed by atoms with Crippen LogP contribution in [0, 0.1) is 5.92 Å². The van der Waals surface area contributed by atoms with Crippen LogP contribution in [-0.4, -0.2) is 13.1 Å². The number of unbranched alkanes of at least 4 members (excludes halogenated alkanes) is 3. The minimum Gasteiger partial charge on any atom is -0.469 e. The zero-order chi connectivity index (χ0) is 10.1. The summed E-state index contributed by atoms with van der Waals surface area (Å²) in [7, 11) is 1.44. The molecule has 2 nitrogen and oxygen atoms in total. The summed E-state index contributed by atoms with van der Waals surface area (Å²) in [6.07, 6.45) is 7.40. The molecule has 0 aromatic rings. The zero-order valence-corrected chi connectivity index (χ0v) is 8.71. The van der Waals surface area contributed by atoms with E-state index in [1.54, 1.807) is 0 Å². The number of carbonyl (C=O) groups excluding carboxylic acids is 1. The van der Waals surface area contributed by atoms with Crippen LogP contribution in [0.15, 0.2) is 12.7 Å². The Labute approximate surface area is 81.0 Å². The van der Waals surface area contributed by atoms with Gasteiger partial charge in [-0.15, -0.1) is 6.58 Å². The lowest BCUT2D eigenvalue weighted by atomic mass is 10.0. The molecule has 0 saturated carbocycles. The normalized spacial score (nSPS) is 12.2. The third-order valence-corrected chi connectivity index (χ3v) is 2.15. The predicted molar refractivity (Wildman–Crippen MR) is 54.5 cm³/mol. The summed E-state index contributed by atoms with van der Waals surface area (Å²) in [6.45, 7) is 5.58. The topological polar surface area (TPSA) is 26.3 Å². The summed E-state index contributed by atoms with van der Waals surface area (Å²) in [5.74, 6) is -0.0440. The Morgan fingerprint density at radius 1 is 1.46 bits per heavy atom. The van der Waals surface area contributed by atoms with E-state index in [2.05, 4.69) is 11.3 Å². The van der Waals surface area contributed by atoms with Crippen LogP contribution >= 0.6 is 0 Å². The van der Waals surface area contributed by atoms with Crippen molar-refractivity contribution in [2.75, 3.05) is 7.11 Å². The maximum absolute atomic E-state index is 11.0. The standard InChI is InChI=1S/C11H20O2/c1-4-5-6-7-8-9-10(2)11(12)13-3/h4,10H,1,5-9H2,2-3H3. The van der Waals surface area contributed by atoms with Gasteiger partial charge >= 0.3 is 5.97 Å². The number of esters is 1. The molecule has 0 spiro atoms. The van der Waals surface area contributed by atoms with Gasteiger partial charge in [-0.25, -0.2) is 0 Å². The van der Waals surface area contributed by atoms with E-state index in [1.807, 2.05) is 13.0 Å². The van der Waals surface area contributed by atoms with Gasteiger partial charge < -0.3 is 4.74 Å². The molecule has 1 atom stereocenters. The molecule has 76 valence electrons. The monoisotopic (exact) mass is 184 g/mol. The van der Waals surface area contributed by atoms with Crippen LogP contribution < -0.4 is 0 Å². The van der Waals surface area contributed by atoms with Crippen molar-refractivity contribution in [1.82, 2.24) is 0 Å². The lowest BCUT2D eigenvalue weighted by molar-refractivity contribution is -0.145. The van der Waals surface area contributed by atoms with E-state index < -0.39 is 0 Å². The molecule has 1 unspecified atom stereocenters. The first-order valence-corrected chi connectivity index (χ1v) is 4.91. The van der Waals surface area contributed by atoms with Crippen molar-refractivity contribution in [2.24, 2.45) is 5.92 Å². The molecular weight excluding hydrogens is 164 g/mol. The molecule has 0 bridgehead atoms. The van der Waals surface area contributed by atoms with E-state index in [0.717, 1.165) is 19.3 Å². The number of methoxy groups -OCH3 is 1. The van der Waals surface area contributed by atoms with E-state index in [1.165, 1.54) is 20.0 Å². The van der Waals surface area contributed by atoms with E-state index in [0.29, 0.717) is 0 Å². The third kappa shape index (κ3) is 6.38. The molecule has 0 N–H and O–H groups in total. The third-order valence-electron chi connectivity index (χ3n) is 2.15. The molecule has 0 fully saturated rings. The summed E-state index contributed by atoms with van der Waals surface area (Å²) in [5, 5.41) is 0. The van der Waals surface area contributed by atoms with Crippen LogP contribution in [0.5, 0.6) is 0 Å². The van der Waals surface area contributed by atoms with Gasteiger partial charge in [-0.3, -0.25) is 4.79 Å². The molecule has 2 heteroatoms. The molecule has 0 rings (SSSR count). The van der Waals surface area contributed by atoms with Crippen molar-refractivity contribution in [3.05, 3.63) is 12.7 Å². The van der Waals surface area contributed by atoms with Crippen molar-refractivity contribution < 1.29 is 9.53 Å². The van der Waals surface area contributed by atoms with Gasteiger partial charge in [-0.1, -0.05) is 25.8 Å². The van der Waals surface area contributed by atoms with Gasteiger partial charge in [0.1, 0.15) is 0 Å². The Balaban J connectivity index is 3.31. The number of rotatable bonds is 7. The molecule has 0 aromatic heterocycles. The second-order valence-corrected chi connectivity index (χ2v) is 3.35. The van der Waals surface area contributed by atoms with Gasteiger partial charge in [0, 0.05) is 0 Å². The number of carbonyl (C=O) groups is 1. The summed E-state index contributed by atoms with van der Waals surface area (Å²) < 4.78 is 4.64. The van der Waals surface area contributed by atoms with Crippen molar-refractivity contribution in [3.63, 3.8) is 0 Å². The largest absolute Gasteiger partial charge is 0.469 e. The van der Waals surface area contributed by atoms with Crippen LogP contribution in [0.4, 0.5) is 0 Å². The smallest absolute Gasteiger partial charge is 0.308 e. The number of allylic oxidation sites excluding steroid dienone is 1. The maximum atomic E-state index is 11.0.